The summed E-state index contributed by atoms with van der Waals surface area (Å²) < 4.78 is 11.2. The Morgan fingerprint density at radius 2 is 1.86 bits per heavy atom. The molecule has 1 N–H and O–H groups in total. The lowest BCUT2D eigenvalue weighted by Gasteiger charge is -2.16. The fraction of sp³-hybridized carbons (Fsp3) is 0.0909. The summed E-state index contributed by atoms with van der Waals surface area (Å²) in [6.45, 7) is 0.0714. The number of hydrogen-bond acceptors (Lipinski definition) is 4. The van der Waals surface area contributed by atoms with Gasteiger partial charge in [0.2, 0.25) is 0 Å². The average molecular weight is 440 g/mol. The van der Waals surface area contributed by atoms with E-state index in [1.165, 1.54) is 7.11 Å². The third-order valence-electron chi connectivity index (χ3n) is 4.03. The number of nitrogens with one attached hydrogen (secondary N) is 1. The molecule has 0 saturated carbocycles. The predicted molar refractivity (Wildman–Crippen MR) is 112 cm³/mol. The molecular weight excluding hydrogens is 422 g/mol. The number of hydrogen-bond donors (Lipinski definition) is 1. The standard InChI is InChI=1S/C22H18BrNO4/c1-27-14-28-19-11-10-18(22(26)24-17-8-3-2-4-9-17)20(21(19)23)16-7-5-6-15(12-16)13-25/h2-13H,14H2,1H3,(H,24,26). The molecule has 0 aliphatic rings. The molecule has 0 bridgehead atoms. The molecular formula is C22H18BrNO4. The number of ether oxygens (including phenoxy) is 2. The minimum absolute atomic E-state index is 0.0714. The molecule has 0 radical (unpaired) electrons. The molecule has 0 saturated heterocycles. The lowest BCUT2D eigenvalue weighted by molar-refractivity contribution is 0.0506. The summed E-state index contributed by atoms with van der Waals surface area (Å²) in [4.78, 5) is 24.2. The zero-order chi connectivity index (χ0) is 19.9. The van der Waals surface area contributed by atoms with Gasteiger partial charge in [-0.15, -0.1) is 0 Å². The second kappa shape index (κ2) is 9.30. The second-order valence-corrected chi connectivity index (χ2v) is 6.71. The third-order valence-corrected chi connectivity index (χ3v) is 4.81. The minimum atomic E-state index is -0.267. The molecule has 0 aromatic heterocycles. The molecule has 0 unspecified atom stereocenters. The first-order valence-corrected chi connectivity index (χ1v) is 9.29. The maximum absolute atomic E-state index is 13.0. The maximum Gasteiger partial charge on any atom is 0.256 e. The molecule has 1 amide bonds. The number of carbonyl (C=O) groups excluding carboxylic acids is 2. The normalized spacial score (nSPS) is 10.4. The van der Waals surface area contributed by atoms with E-state index in [9.17, 15) is 9.59 Å². The Morgan fingerprint density at radius 1 is 1.07 bits per heavy atom. The van der Waals surface area contributed by atoms with E-state index in [4.69, 9.17) is 9.47 Å². The van der Waals surface area contributed by atoms with Gasteiger partial charge in [0.15, 0.2) is 6.79 Å². The first kappa shape index (κ1) is 19.8. The van der Waals surface area contributed by atoms with Crippen molar-refractivity contribution < 1.29 is 19.1 Å². The highest BCUT2D eigenvalue weighted by Gasteiger charge is 2.20. The van der Waals surface area contributed by atoms with Crippen LogP contribution in [0.3, 0.4) is 0 Å². The number of carbonyl (C=O) groups is 2. The summed E-state index contributed by atoms with van der Waals surface area (Å²) in [5.74, 6) is 0.265. The van der Waals surface area contributed by atoms with Gasteiger partial charge in [-0.2, -0.15) is 0 Å². The molecule has 0 heterocycles. The van der Waals surface area contributed by atoms with Crippen LogP contribution >= 0.6 is 15.9 Å². The predicted octanol–water partition coefficient (Wildman–Crippen LogP) is 5.16. The van der Waals surface area contributed by atoms with Crippen molar-refractivity contribution in [3.05, 3.63) is 82.3 Å². The number of halogens is 1. The Kier molecular flexibility index (Phi) is 6.57. The molecule has 0 aliphatic carbocycles. The van der Waals surface area contributed by atoms with Gasteiger partial charge in [-0.05, 0) is 51.8 Å². The number of aldehydes is 1. The lowest BCUT2D eigenvalue weighted by atomic mass is 9.97. The molecule has 5 nitrogen and oxygen atoms in total. The van der Waals surface area contributed by atoms with Crippen molar-refractivity contribution >= 4 is 33.8 Å². The highest BCUT2D eigenvalue weighted by Crippen LogP contribution is 2.39. The fourth-order valence-corrected chi connectivity index (χ4v) is 3.44. The van der Waals surface area contributed by atoms with E-state index < -0.39 is 0 Å². The van der Waals surface area contributed by atoms with Crippen molar-refractivity contribution in [3.63, 3.8) is 0 Å². The molecule has 3 aromatic carbocycles. The number of rotatable bonds is 7. The summed E-state index contributed by atoms with van der Waals surface area (Å²) in [5.41, 5.74) is 3.00. The monoisotopic (exact) mass is 439 g/mol. The molecule has 0 aliphatic heterocycles. The number of para-hydroxylation sites is 1. The van der Waals surface area contributed by atoms with E-state index in [0.717, 1.165) is 11.8 Å². The smallest absolute Gasteiger partial charge is 0.256 e. The van der Waals surface area contributed by atoms with Gasteiger partial charge in [-0.1, -0.05) is 36.4 Å². The van der Waals surface area contributed by atoms with Gasteiger partial charge in [0.1, 0.15) is 12.0 Å². The van der Waals surface area contributed by atoms with Crippen LogP contribution in [0.2, 0.25) is 0 Å². The number of amides is 1. The number of benzene rings is 3. The lowest BCUT2D eigenvalue weighted by Crippen LogP contribution is -2.14. The third kappa shape index (κ3) is 4.47. The Balaban J connectivity index is 2.09. The summed E-state index contributed by atoms with van der Waals surface area (Å²) in [6.07, 6.45) is 0.770. The van der Waals surface area contributed by atoms with Crippen molar-refractivity contribution in [1.29, 1.82) is 0 Å². The first-order chi connectivity index (χ1) is 13.6. The molecule has 3 rings (SSSR count). The van der Waals surface area contributed by atoms with E-state index in [1.807, 2.05) is 36.4 Å². The average Bonchev–Trinajstić information content (AvgIpc) is 2.73. The zero-order valence-corrected chi connectivity index (χ0v) is 16.7. The molecule has 0 spiro atoms. The fourth-order valence-electron chi connectivity index (χ4n) is 2.75. The Morgan fingerprint density at radius 3 is 2.57 bits per heavy atom. The van der Waals surface area contributed by atoms with Crippen molar-refractivity contribution in [3.8, 4) is 16.9 Å². The van der Waals surface area contributed by atoms with Crippen molar-refractivity contribution in [2.24, 2.45) is 0 Å². The van der Waals surface area contributed by atoms with E-state index in [0.29, 0.717) is 32.6 Å². The molecule has 6 heteroatoms. The number of anilines is 1. The van der Waals surface area contributed by atoms with E-state index in [1.54, 1.807) is 30.3 Å². The van der Waals surface area contributed by atoms with Crippen LogP contribution in [0, 0.1) is 0 Å². The molecule has 142 valence electrons. The van der Waals surface area contributed by atoms with Crippen LogP contribution in [0.5, 0.6) is 5.75 Å². The van der Waals surface area contributed by atoms with Crippen molar-refractivity contribution in [1.82, 2.24) is 0 Å². The van der Waals surface area contributed by atoms with Gasteiger partial charge >= 0.3 is 0 Å². The molecule has 0 fully saturated rings. The maximum atomic E-state index is 13.0. The van der Waals surface area contributed by atoms with Crippen LogP contribution in [0.1, 0.15) is 20.7 Å². The van der Waals surface area contributed by atoms with Gasteiger partial charge in [0.05, 0.1) is 4.47 Å². The van der Waals surface area contributed by atoms with Gasteiger partial charge < -0.3 is 14.8 Å². The second-order valence-electron chi connectivity index (χ2n) is 5.91. The van der Waals surface area contributed by atoms with Crippen LogP contribution in [-0.2, 0) is 4.74 Å². The first-order valence-electron chi connectivity index (χ1n) is 8.50. The largest absolute Gasteiger partial charge is 0.466 e. The van der Waals surface area contributed by atoms with Crippen LogP contribution in [-0.4, -0.2) is 26.1 Å². The molecule has 3 aromatic rings. The van der Waals surface area contributed by atoms with Gasteiger partial charge in [0, 0.05) is 29.5 Å². The minimum Gasteiger partial charge on any atom is -0.466 e. The Labute approximate surface area is 171 Å². The molecule has 28 heavy (non-hydrogen) atoms. The van der Waals surface area contributed by atoms with Crippen LogP contribution in [0.25, 0.3) is 11.1 Å². The topological polar surface area (TPSA) is 64.6 Å². The zero-order valence-electron chi connectivity index (χ0n) is 15.1. The summed E-state index contributed by atoms with van der Waals surface area (Å²) in [7, 11) is 1.53. The number of methoxy groups -OCH3 is 1. The highest BCUT2D eigenvalue weighted by atomic mass is 79.9. The van der Waals surface area contributed by atoms with Crippen molar-refractivity contribution in [2.75, 3.05) is 19.2 Å². The van der Waals surface area contributed by atoms with Crippen molar-refractivity contribution in [2.45, 2.75) is 0 Å². The van der Waals surface area contributed by atoms with Gasteiger partial charge in [-0.3, -0.25) is 9.59 Å². The van der Waals surface area contributed by atoms with Gasteiger partial charge in [0.25, 0.3) is 5.91 Å². The summed E-state index contributed by atoms with van der Waals surface area (Å²) in [6, 6.07) is 19.7. The van der Waals surface area contributed by atoms with Gasteiger partial charge in [-0.25, -0.2) is 0 Å². The SMILES string of the molecule is COCOc1ccc(C(=O)Nc2ccccc2)c(-c2cccc(C=O)c2)c1Br. The Hall–Kier alpha value is -2.96. The van der Waals surface area contributed by atoms with Crippen LogP contribution < -0.4 is 10.1 Å². The Bertz CT molecular complexity index is 989. The quantitative estimate of drug-likeness (QED) is 0.407. The van der Waals surface area contributed by atoms with Crippen LogP contribution in [0.15, 0.2) is 71.2 Å². The van der Waals surface area contributed by atoms with E-state index in [2.05, 4.69) is 21.2 Å². The summed E-state index contributed by atoms with van der Waals surface area (Å²) in [5, 5.41) is 2.89. The van der Waals surface area contributed by atoms with Crippen LogP contribution in [0.4, 0.5) is 5.69 Å². The highest BCUT2D eigenvalue weighted by molar-refractivity contribution is 9.10. The molecule has 0 atom stereocenters. The van der Waals surface area contributed by atoms with E-state index in [-0.39, 0.29) is 12.7 Å². The van der Waals surface area contributed by atoms with E-state index >= 15 is 0 Å². The summed E-state index contributed by atoms with van der Waals surface area (Å²) >= 11 is 3.55.